The molecule has 0 aliphatic heterocycles. The molecule has 0 bridgehead atoms. The first-order chi connectivity index (χ1) is 13.9. The van der Waals surface area contributed by atoms with Crippen molar-refractivity contribution in [2.24, 2.45) is 5.73 Å². The van der Waals surface area contributed by atoms with Crippen LogP contribution in [0.1, 0.15) is 21.5 Å². The first-order valence-electron chi connectivity index (χ1n) is 8.77. The Hall–Kier alpha value is -3.03. The maximum absolute atomic E-state index is 13.8. The average molecular weight is 457 g/mol. The molecule has 5 nitrogen and oxygen atoms in total. The van der Waals surface area contributed by atoms with Crippen molar-refractivity contribution in [3.05, 3.63) is 87.6 Å². The van der Waals surface area contributed by atoms with E-state index >= 15 is 0 Å². The van der Waals surface area contributed by atoms with Gasteiger partial charge in [0.15, 0.2) is 0 Å². The van der Waals surface area contributed by atoms with Crippen molar-refractivity contribution >= 4 is 33.5 Å². The van der Waals surface area contributed by atoms with Gasteiger partial charge in [0.1, 0.15) is 5.82 Å². The van der Waals surface area contributed by atoms with Crippen LogP contribution in [0, 0.1) is 5.82 Å². The van der Waals surface area contributed by atoms with Crippen LogP contribution in [0.3, 0.4) is 0 Å². The lowest BCUT2D eigenvalue weighted by atomic mass is 10.0. The Bertz CT molecular complexity index is 1090. The monoisotopic (exact) mass is 456 g/mol. The van der Waals surface area contributed by atoms with E-state index < -0.39 is 17.7 Å². The van der Waals surface area contributed by atoms with Crippen molar-refractivity contribution < 1.29 is 19.1 Å². The summed E-state index contributed by atoms with van der Waals surface area (Å²) in [6.45, 7) is 0.209. The summed E-state index contributed by atoms with van der Waals surface area (Å²) in [5, 5.41) is 11.8. The molecule has 3 rings (SSSR count). The molecule has 3 aromatic rings. The SMILES string of the molecule is NCc1cc(F)cc(-c2cccc(C(=O)Nc3ccc(Br)cc3CC(=O)O)c2)c1. The number of hydrogen-bond acceptors (Lipinski definition) is 3. The fourth-order valence-electron chi connectivity index (χ4n) is 2.96. The van der Waals surface area contributed by atoms with Crippen LogP contribution < -0.4 is 11.1 Å². The molecule has 0 saturated heterocycles. The summed E-state index contributed by atoms with van der Waals surface area (Å²) >= 11 is 3.31. The van der Waals surface area contributed by atoms with Crippen LogP contribution in [0.15, 0.2) is 65.1 Å². The van der Waals surface area contributed by atoms with Gasteiger partial charge in [0.2, 0.25) is 0 Å². The molecule has 0 aliphatic rings. The molecular formula is C22H18BrFN2O3. The number of carbonyl (C=O) groups excluding carboxylic acids is 1. The highest BCUT2D eigenvalue weighted by Crippen LogP contribution is 2.25. The van der Waals surface area contributed by atoms with E-state index in [1.165, 1.54) is 12.1 Å². The average Bonchev–Trinajstić information content (AvgIpc) is 2.69. The van der Waals surface area contributed by atoms with Gasteiger partial charge in [-0.3, -0.25) is 9.59 Å². The number of nitrogens with one attached hydrogen (secondary N) is 1. The number of rotatable bonds is 6. The summed E-state index contributed by atoms with van der Waals surface area (Å²) in [5.74, 6) is -1.79. The predicted molar refractivity (Wildman–Crippen MR) is 113 cm³/mol. The Morgan fingerprint density at radius 2 is 1.83 bits per heavy atom. The van der Waals surface area contributed by atoms with E-state index in [-0.39, 0.29) is 13.0 Å². The van der Waals surface area contributed by atoms with Crippen LogP contribution in [0.4, 0.5) is 10.1 Å². The summed E-state index contributed by atoms with van der Waals surface area (Å²) in [7, 11) is 0. The topological polar surface area (TPSA) is 92.4 Å². The number of benzene rings is 3. The van der Waals surface area contributed by atoms with E-state index in [1.807, 2.05) is 0 Å². The zero-order valence-corrected chi connectivity index (χ0v) is 16.9. The number of anilines is 1. The third-order valence-electron chi connectivity index (χ3n) is 4.31. The molecule has 0 atom stereocenters. The molecule has 0 unspecified atom stereocenters. The normalized spacial score (nSPS) is 10.6. The summed E-state index contributed by atoms with van der Waals surface area (Å²) in [5.41, 5.74) is 8.83. The third kappa shape index (κ3) is 5.28. The van der Waals surface area contributed by atoms with Crippen molar-refractivity contribution in [2.45, 2.75) is 13.0 Å². The minimum Gasteiger partial charge on any atom is -0.481 e. The Balaban J connectivity index is 1.89. The van der Waals surface area contributed by atoms with Crippen molar-refractivity contribution in [1.29, 1.82) is 0 Å². The van der Waals surface area contributed by atoms with Crippen molar-refractivity contribution in [3.8, 4) is 11.1 Å². The maximum atomic E-state index is 13.8. The Morgan fingerprint density at radius 3 is 2.55 bits per heavy atom. The molecule has 4 N–H and O–H groups in total. The third-order valence-corrected chi connectivity index (χ3v) is 4.80. The Kier molecular flexibility index (Phi) is 6.41. The number of halogens is 2. The fourth-order valence-corrected chi connectivity index (χ4v) is 3.37. The molecule has 0 fully saturated rings. The second kappa shape index (κ2) is 8.98. The van der Waals surface area contributed by atoms with Crippen molar-refractivity contribution in [1.82, 2.24) is 0 Å². The number of hydrogen-bond donors (Lipinski definition) is 3. The molecular weight excluding hydrogens is 439 g/mol. The number of carboxylic acids is 1. The lowest BCUT2D eigenvalue weighted by Crippen LogP contribution is -2.14. The molecule has 1 amide bonds. The summed E-state index contributed by atoms with van der Waals surface area (Å²) < 4.78 is 14.6. The first-order valence-corrected chi connectivity index (χ1v) is 9.56. The zero-order chi connectivity index (χ0) is 21.0. The first kappa shape index (κ1) is 20.7. The van der Waals surface area contributed by atoms with Gasteiger partial charge in [-0.25, -0.2) is 4.39 Å². The smallest absolute Gasteiger partial charge is 0.307 e. The van der Waals surface area contributed by atoms with Gasteiger partial charge in [-0.05, 0) is 70.8 Å². The molecule has 0 heterocycles. The summed E-state index contributed by atoms with van der Waals surface area (Å²) in [6, 6.07) is 16.3. The predicted octanol–water partition coefficient (Wildman–Crippen LogP) is 4.59. The standard InChI is InChI=1S/C22H18BrFN2O3/c23-18-4-5-20(17(9-18)11-21(27)28)26-22(29)15-3-1-2-14(8-15)16-6-13(12-25)7-19(24)10-16/h1-10H,11-12,25H2,(H,26,29)(H,27,28). The molecule has 0 aliphatic carbocycles. The summed E-state index contributed by atoms with van der Waals surface area (Å²) in [4.78, 5) is 23.8. The van der Waals surface area contributed by atoms with Gasteiger partial charge in [-0.2, -0.15) is 0 Å². The van der Waals surface area contributed by atoms with Crippen LogP contribution in [-0.2, 0) is 17.8 Å². The van der Waals surface area contributed by atoms with Gasteiger partial charge in [0.25, 0.3) is 5.91 Å². The van der Waals surface area contributed by atoms with Crippen LogP contribution in [0.25, 0.3) is 11.1 Å². The Morgan fingerprint density at radius 1 is 1.03 bits per heavy atom. The molecule has 0 radical (unpaired) electrons. The molecule has 29 heavy (non-hydrogen) atoms. The second-order valence-electron chi connectivity index (χ2n) is 6.46. The van der Waals surface area contributed by atoms with Crippen molar-refractivity contribution in [3.63, 3.8) is 0 Å². The minimum atomic E-state index is -0.998. The van der Waals surface area contributed by atoms with E-state index in [0.717, 1.165) is 4.47 Å². The molecule has 0 spiro atoms. The number of nitrogens with two attached hydrogens (primary N) is 1. The fraction of sp³-hybridized carbons (Fsp3) is 0.0909. The van der Waals surface area contributed by atoms with Crippen LogP contribution >= 0.6 is 15.9 Å². The van der Waals surface area contributed by atoms with Gasteiger partial charge in [-0.1, -0.05) is 28.1 Å². The van der Waals surface area contributed by atoms with Crippen LogP contribution in [-0.4, -0.2) is 17.0 Å². The van der Waals surface area contributed by atoms with E-state index in [2.05, 4.69) is 21.2 Å². The van der Waals surface area contributed by atoms with Crippen LogP contribution in [0.5, 0.6) is 0 Å². The molecule has 7 heteroatoms. The number of carboxylic acid groups (broad SMARTS) is 1. The van der Waals surface area contributed by atoms with E-state index in [9.17, 15) is 14.0 Å². The van der Waals surface area contributed by atoms with Gasteiger partial charge in [0, 0.05) is 22.3 Å². The molecule has 3 aromatic carbocycles. The van der Waals surface area contributed by atoms with Crippen molar-refractivity contribution in [2.75, 3.05) is 5.32 Å². The summed E-state index contributed by atoms with van der Waals surface area (Å²) in [6.07, 6.45) is -0.222. The highest BCUT2D eigenvalue weighted by Gasteiger charge is 2.13. The number of aliphatic carboxylic acids is 1. The van der Waals surface area contributed by atoms with Gasteiger partial charge < -0.3 is 16.2 Å². The molecule has 148 valence electrons. The highest BCUT2D eigenvalue weighted by atomic mass is 79.9. The zero-order valence-electron chi connectivity index (χ0n) is 15.3. The molecule has 0 saturated carbocycles. The number of amides is 1. The highest BCUT2D eigenvalue weighted by molar-refractivity contribution is 9.10. The van der Waals surface area contributed by atoms with Gasteiger partial charge in [-0.15, -0.1) is 0 Å². The Labute approximate surface area is 175 Å². The maximum Gasteiger partial charge on any atom is 0.307 e. The largest absolute Gasteiger partial charge is 0.481 e. The van der Waals surface area contributed by atoms with Gasteiger partial charge >= 0.3 is 5.97 Å². The molecule has 0 aromatic heterocycles. The van der Waals surface area contributed by atoms with Gasteiger partial charge in [0.05, 0.1) is 6.42 Å². The number of carbonyl (C=O) groups is 2. The van der Waals surface area contributed by atoms with E-state index in [1.54, 1.807) is 48.5 Å². The lowest BCUT2D eigenvalue weighted by Gasteiger charge is -2.12. The van der Waals surface area contributed by atoms with E-state index in [0.29, 0.717) is 33.5 Å². The quantitative estimate of drug-likeness (QED) is 0.505. The minimum absolute atomic E-state index is 0.209. The lowest BCUT2D eigenvalue weighted by molar-refractivity contribution is -0.136. The van der Waals surface area contributed by atoms with Crippen LogP contribution in [0.2, 0.25) is 0 Å². The van der Waals surface area contributed by atoms with E-state index in [4.69, 9.17) is 10.8 Å². The second-order valence-corrected chi connectivity index (χ2v) is 7.37.